The Hall–Kier alpha value is -2.17. The molecule has 0 N–H and O–H groups in total. The molecule has 0 saturated carbocycles. The van der Waals surface area contributed by atoms with Crippen LogP contribution in [-0.4, -0.2) is 26.5 Å². The van der Waals surface area contributed by atoms with E-state index in [0.717, 1.165) is 12.0 Å². The van der Waals surface area contributed by atoms with E-state index in [1.165, 1.54) is 17.3 Å². The van der Waals surface area contributed by atoms with Gasteiger partial charge in [-0.15, -0.1) is 0 Å². The molecule has 0 radical (unpaired) electrons. The van der Waals surface area contributed by atoms with Gasteiger partial charge in [0.15, 0.2) is 0 Å². The van der Waals surface area contributed by atoms with Crippen LogP contribution in [0, 0.1) is 5.92 Å². The summed E-state index contributed by atoms with van der Waals surface area (Å²) in [6, 6.07) is 21.2. The number of hydrogen-bond acceptors (Lipinski definition) is 3. The number of carbonyl (C=O) groups is 1. The lowest BCUT2D eigenvalue weighted by molar-refractivity contribution is -0.149. The second-order valence-electron chi connectivity index (χ2n) is 9.47. The SMILES string of the molecule is CC(=O)O[C@H]1C(C)=C[C@H](C)C[C@@H]1O[Si](c1ccccc1)(c1ccccc1)C(C)(C)C. The Bertz CT molecular complexity index is 844. The van der Waals surface area contributed by atoms with Crippen LogP contribution >= 0.6 is 0 Å². The van der Waals surface area contributed by atoms with Crippen LogP contribution in [0.25, 0.3) is 0 Å². The van der Waals surface area contributed by atoms with Gasteiger partial charge >= 0.3 is 5.97 Å². The molecular weight excluding hydrogens is 388 g/mol. The average Bonchev–Trinajstić information content (AvgIpc) is 2.68. The van der Waals surface area contributed by atoms with E-state index in [4.69, 9.17) is 9.16 Å². The first-order valence-corrected chi connectivity index (χ1v) is 12.7. The summed E-state index contributed by atoms with van der Waals surface area (Å²) in [6.07, 6.45) is 2.51. The van der Waals surface area contributed by atoms with Crippen molar-refractivity contribution in [1.29, 1.82) is 0 Å². The van der Waals surface area contributed by atoms with Crippen molar-refractivity contribution in [3.63, 3.8) is 0 Å². The predicted octanol–water partition coefficient (Wildman–Crippen LogP) is 4.85. The van der Waals surface area contributed by atoms with E-state index in [0.29, 0.717) is 5.92 Å². The summed E-state index contributed by atoms with van der Waals surface area (Å²) in [5, 5.41) is 2.37. The number of hydrogen-bond donors (Lipinski definition) is 0. The Morgan fingerprint density at radius 3 is 1.90 bits per heavy atom. The van der Waals surface area contributed by atoms with Crippen LogP contribution < -0.4 is 10.4 Å². The molecule has 0 fully saturated rings. The van der Waals surface area contributed by atoms with E-state index < -0.39 is 8.32 Å². The maximum Gasteiger partial charge on any atom is 0.303 e. The van der Waals surface area contributed by atoms with Crippen molar-refractivity contribution in [2.24, 2.45) is 5.92 Å². The van der Waals surface area contributed by atoms with Crippen molar-refractivity contribution >= 4 is 24.7 Å². The lowest BCUT2D eigenvalue weighted by atomic mass is 9.88. The van der Waals surface area contributed by atoms with Gasteiger partial charge in [0, 0.05) is 6.92 Å². The molecule has 0 bridgehead atoms. The molecule has 0 saturated heterocycles. The van der Waals surface area contributed by atoms with Crippen LogP contribution in [0.5, 0.6) is 0 Å². The van der Waals surface area contributed by atoms with E-state index >= 15 is 0 Å². The van der Waals surface area contributed by atoms with Gasteiger partial charge in [-0.1, -0.05) is 94.4 Å². The lowest BCUT2D eigenvalue weighted by Gasteiger charge is -2.47. The largest absolute Gasteiger partial charge is 0.455 e. The van der Waals surface area contributed by atoms with Gasteiger partial charge in [0.1, 0.15) is 6.10 Å². The zero-order valence-electron chi connectivity index (χ0n) is 19.0. The number of benzene rings is 2. The molecule has 1 aliphatic rings. The Labute approximate surface area is 182 Å². The highest BCUT2D eigenvalue weighted by Gasteiger charge is 2.53. The molecule has 160 valence electrons. The summed E-state index contributed by atoms with van der Waals surface area (Å²) in [5.74, 6) is 0.110. The molecule has 0 spiro atoms. The molecule has 2 aromatic rings. The quantitative estimate of drug-likeness (QED) is 0.393. The third-order valence-corrected chi connectivity index (χ3v) is 11.0. The van der Waals surface area contributed by atoms with Gasteiger partial charge in [-0.3, -0.25) is 4.79 Å². The van der Waals surface area contributed by atoms with Crippen LogP contribution in [0.1, 0.15) is 48.0 Å². The summed E-state index contributed by atoms with van der Waals surface area (Å²) in [4.78, 5) is 11.9. The fourth-order valence-corrected chi connectivity index (χ4v) is 9.46. The third kappa shape index (κ3) is 4.45. The Morgan fingerprint density at radius 1 is 0.967 bits per heavy atom. The summed E-state index contributed by atoms with van der Waals surface area (Å²) in [6.45, 7) is 12.5. The number of rotatable bonds is 5. The topological polar surface area (TPSA) is 35.5 Å². The first-order chi connectivity index (χ1) is 14.1. The normalized spacial score (nSPS) is 22.3. The second kappa shape index (κ2) is 8.91. The van der Waals surface area contributed by atoms with Crippen molar-refractivity contribution in [1.82, 2.24) is 0 Å². The minimum atomic E-state index is -2.71. The third-order valence-electron chi connectivity index (χ3n) is 5.98. The van der Waals surface area contributed by atoms with Crippen LogP contribution in [0.4, 0.5) is 0 Å². The number of carbonyl (C=O) groups excluding carboxylic acids is 1. The molecule has 3 nitrogen and oxygen atoms in total. The van der Waals surface area contributed by atoms with Gasteiger partial charge in [0.2, 0.25) is 0 Å². The zero-order valence-corrected chi connectivity index (χ0v) is 20.0. The van der Waals surface area contributed by atoms with Gasteiger partial charge < -0.3 is 9.16 Å². The summed E-state index contributed by atoms with van der Waals surface area (Å²) >= 11 is 0. The van der Waals surface area contributed by atoms with Crippen LogP contribution in [0.3, 0.4) is 0 Å². The van der Waals surface area contributed by atoms with Crippen molar-refractivity contribution < 1.29 is 14.0 Å². The Kier molecular flexibility index (Phi) is 6.68. The zero-order chi connectivity index (χ0) is 21.9. The van der Waals surface area contributed by atoms with Gasteiger partial charge in [0.05, 0.1) is 6.10 Å². The monoisotopic (exact) mass is 422 g/mol. The van der Waals surface area contributed by atoms with Crippen molar-refractivity contribution in [3.8, 4) is 0 Å². The highest BCUT2D eigenvalue weighted by molar-refractivity contribution is 6.99. The minimum absolute atomic E-state index is 0.116. The van der Waals surface area contributed by atoms with E-state index in [-0.39, 0.29) is 23.2 Å². The maximum atomic E-state index is 11.9. The molecule has 3 atom stereocenters. The first kappa shape index (κ1) is 22.5. The molecule has 0 heterocycles. The summed E-state index contributed by atoms with van der Waals surface area (Å²) < 4.78 is 13.1. The summed E-state index contributed by atoms with van der Waals surface area (Å²) in [5.41, 5.74) is 1.08. The average molecular weight is 423 g/mol. The Morgan fingerprint density at radius 2 is 1.47 bits per heavy atom. The predicted molar refractivity (Wildman–Crippen MR) is 126 cm³/mol. The molecular formula is C26H34O3Si. The highest BCUT2D eigenvalue weighted by atomic mass is 28.4. The van der Waals surface area contributed by atoms with Gasteiger partial charge in [-0.25, -0.2) is 0 Å². The van der Waals surface area contributed by atoms with E-state index in [9.17, 15) is 4.79 Å². The number of ether oxygens (including phenoxy) is 1. The van der Waals surface area contributed by atoms with Crippen LogP contribution in [-0.2, 0) is 14.0 Å². The molecule has 0 aromatic heterocycles. The lowest BCUT2D eigenvalue weighted by Crippen LogP contribution is -2.68. The van der Waals surface area contributed by atoms with Gasteiger partial charge in [-0.05, 0) is 40.2 Å². The second-order valence-corrected chi connectivity index (χ2v) is 13.7. The Balaban J connectivity index is 2.18. The number of esters is 1. The molecule has 0 amide bonds. The standard InChI is InChI=1S/C26H34O3Si/c1-19-17-20(2)25(28-21(3)27)24(18-19)29-30(26(4,5)6,22-13-9-7-10-14-22)23-15-11-8-12-16-23/h7-17,19,24-25H,18H2,1-6H3/t19-,24-,25-/m0/s1. The van der Waals surface area contributed by atoms with E-state index in [1.54, 1.807) is 0 Å². The van der Waals surface area contributed by atoms with Crippen molar-refractivity contribution in [2.45, 2.75) is 65.2 Å². The summed E-state index contributed by atoms with van der Waals surface area (Å²) in [7, 11) is -2.71. The molecule has 2 aromatic carbocycles. The highest BCUT2D eigenvalue weighted by Crippen LogP contribution is 2.40. The van der Waals surface area contributed by atoms with Gasteiger partial charge in [0.25, 0.3) is 8.32 Å². The van der Waals surface area contributed by atoms with Crippen LogP contribution in [0.15, 0.2) is 72.3 Å². The molecule has 0 aliphatic heterocycles. The fraction of sp³-hybridized carbons (Fsp3) is 0.423. The smallest absolute Gasteiger partial charge is 0.303 e. The van der Waals surface area contributed by atoms with Crippen molar-refractivity contribution in [2.75, 3.05) is 0 Å². The molecule has 0 unspecified atom stereocenters. The fourth-order valence-electron chi connectivity index (χ4n) is 4.77. The first-order valence-electron chi connectivity index (χ1n) is 10.8. The van der Waals surface area contributed by atoms with Gasteiger partial charge in [-0.2, -0.15) is 0 Å². The van der Waals surface area contributed by atoms with E-state index in [2.05, 4.69) is 82.3 Å². The molecule has 1 aliphatic carbocycles. The molecule has 4 heteroatoms. The minimum Gasteiger partial charge on any atom is -0.455 e. The molecule has 30 heavy (non-hydrogen) atoms. The van der Waals surface area contributed by atoms with E-state index in [1.807, 2.05) is 19.1 Å². The van der Waals surface area contributed by atoms with Crippen LogP contribution in [0.2, 0.25) is 5.04 Å². The molecule has 3 rings (SSSR count). The van der Waals surface area contributed by atoms with Crippen molar-refractivity contribution in [3.05, 3.63) is 72.3 Å². The maximum absolute atomic E-state index is 11.9. The number of allylic oxidation sites excluding steroid dienone is 1.